The lowest BCUT2D eigenvalue weighted by Gasteiger charge is -2.02. The number of rotatable bonds is 14. The molecule has 0 rings (SSSR count). The maximum absolute atomic E-state index is 10.3. The third-order valence-corrected chi connectivity index (χ3v) is 3.41. The third-order valence-electron chi connectivity index (χ3n) is 3.41. The molecule has 3 N–H and O–H groups in total. The van der Waals surface area contributed by atoms with Gasteiger partial charge >= 0.3 is 5.97 Å². The van der Waals surface area contributed by atoms with Crippen LogP contribution in [0.2, 0.25) is 0 Å². The quantitative estimate of drug-likeness (QED) is 0.253. The summed E-state index contributed by atoms with van der Waals surface area (Å²) >= 11 is 0. The molecule has 4 heteroatoms. The SMILES string of the molecule is CCCCC[C@H](O)C=CC=CC=C[C@@H](O)CC=CCCCC(=O)O. The highest BCUT2D eigenvalue weighted by atomic mass is 16.4. The van der Waals surface area contributed by atoms with Crippen molar-refractivity contribution in [2.24, 2.45) is 0 Å². The second kappa shape index (κ2) is 16.2. The molecule has 4 nitrogen and oxygen atoms in total. The minimum atomic E-state index is -0.777. The van der Waals surface area contributed by atoms with E-state index in [0.717, 1.165) is 25.7 Å². The highest BCUT2D eigenvalue weighted by Gasteiger charge is 1.97. The maximum atomic E-state index is 10.3. The van der Waals surface area contributed by atoms with Crippen LogP contribution in [0, 0.1) is 0 Å². The predicted octanol–water partition coefficient (Wildman–Crippen LogP) is 4.16. The van der Waals surface area contributed by atoms with Gasteiger partial charge < -0.3 is 15.3 Å². The Morgan fingerprint density at radius 1 is 0.917 bits per heavy atom. The van der Waals surface area contributed by atoms with Gasteiger partial charge in [-0.3, -0.25) is 4.79 Å². The average molecular weight is 336 g/mol. The molecule has 0 aromatic heterocycles. The number of allylic oxidation sites excluding steroid dienone is 5. The van der Waals surface area contributed by atoms with E-state index in [0.29, 0.717) is 19.3 Å². The van der Waals surface area contributed by atoms with Crippen LogP contribution in [0.1, 0.15) is 58.3 Å². The fraction of sp³-hybridized carbons (Fsp3) is 0.550. The first-order valence-corrected chi connectivity index (χ1v) is 8.80. The number of aliphatic carboxylic acids is 1. The number of unbranched alkanes of at least 4 members (excludes halogenated alkanes) is 3. The van der Waals surface area contributed by atoms with Gasteiger partial charge in [-0.2, -0.15) is 0 Å². The lowest BCUT2D eigenvalue weighted by Crippen LogP contribution is -2.00. The summed E-state index contributed by atoms with van der Waals surface area (Å²) in [5.41, 5.74) is 0. The smallest absolute Gasteiger partial charge is 0.303 e. The van der Waals surface area contributed by atoms with Gasteiger partial charge in [-0.1, -0.05) is 74.8 Å². The molecule has 24 heavy (non-hydrogen) atoms. The Balaban J connectivity index is 3.80. The maximum Gasteiger partial charge on any atom is 0.303 e. The Bertz CT molecular complexity index is 421. The van der Waals surface area contributed by atoms with Gasteiger partial charge in [-0.05, 0) is 25.7 Å². The van der Waals surface area contributed by atoms with Crippen LogP contribution >= 0.6 is 0 Å². The first-order valence-electron chi connectivity index (χ1n) is 8.80. The summed E-state index contributed by atoms with van der Waals surface area (Å²) in [6, 6.07) is 0. The van der Waals surface area contributed by atoms with E-state index in [9.17, 15) is 15.0 Å². The minimum Gasteiger partial charge on any atom is -0.481 e. The summed E-state index contributed by atoms with van der Waals surface area (Å²) in [7, 11) is 0. The molecule has 0 aliphatic heterocycles. The monoisotopic (exact) mass is 336 g/mol. The fourth-order valence-electron chi connectivity index (χ4n) is 2.02. The molecular formula is C20H32O4. The molecule has 0 aliphatic rings. The molecule has 2 atom stereocenters. The summed E-state index contributed by atoms with van der Waals surface area (Å²) in [4.78, 5) is 10.3. The fourth-order valence-corrected chi connectivity index (χ4v) is 2.02. The molecule has 0 saturated carbocycles. The molecule has 0 fully saturated rings. The lowest BCUT2D eigenvalue weighted by atomic mass is 10.1. The van der Waals surface area contributed by atoms with Gasteiger partial charge in [-0.25, -0.2) is 0 Å². The molecule has 0 aromatic carbocycles. The minimum absolute atomic E-state index is 0.179. The van der Waals surface area contributed by atoms with Crippen molar-refractivity contribution < 1.29 is 20.1 Å². The van der Waals surface area contributed by atoms with E-state index in [1.165, 1.54) is 0 Å². The van der Waals surface area contributed by atoms with Crippen LogP contribution in [0.3, 0.4) is 0 Å². The molecule has 0 aliphatic carbocycles. The third kappa shape index (κ3) is 16.7. The largest absolute Gasteiger partial charge is 0.481 e. The summed E-state index contributed by atoms with van der Waals surface area (Å²) in [5, 5.41) is 27.9. The molecule has 0 saturated heterocycles. The van der Waals surface area contributed by atoms with Crippen molar-refractivity contribution in [2.75, 3.05) is 0 Å². The van der Waals surface area contributed by atoms with Crippen molar-refractivity contribution in [3.05, 3.63) is 48.6 Å². The van der Waals surface area contributed by atoms with Crippen molar-refractivity contribution in [2.45, 2.75) is 70.5 Å². The standard InChI is InChI=1S/C20H32O4/c1-2-3-8-13-18(21)14-9-4-5-10-15-19(22)16-11-6-7-12-17-20(23)24/h4-6,9-11,14-15,18-19,21-22H,2-3,7-8,12-13,16-17H2,1H3,(H,23,24)/t18-,19+/m0/s1. The Kier molecular flexibility index (Phi) is 15.1. The van der Waals surface area contributed by atoms with E-state index in [4.69, 9.17) is 5.11 Å². The molecule has 0 spiro atoms. The van der Waals surface area contributed by atoms with E-state index in [-0.39, 0.29) is 12.5 Å². The summed E-state index contributed by atoms with van der Waals surface area (Å²) in [5.74, 6) is -0.777. The van der Waals surface area contributed by atoms with Gasteiger partial charge in [0.25, 0.3) is 0 Å². The number of aliphatic hydroxyl groups is 2. The van der Waals surface area contributed by atoms with Crippen molar-refractivity contribution in [1.82, 2.24) is 0 Å². The average Bonchev–Trinajstić information content (AvgIpc) is 2.54. The number of aliphatic hydroxyl groups excluding tert-OH is 2. The summed E-state index contributed by atoms with van der Waals surface area (Å²) < 4.78 is 0. The number of hydrogen-bond donors (Lipinski definition) is 3. The van der Waals surface area contributed by atoms with E-state index >= 15 is 0 Å². The van der Waals surface area contributed by atoms with Crippen molar-refractivity contribution in [3.63, 3.8) is 0 Å². The highest BCUT2D eigenvalue weighted by Crippen LogP contribution is 2.04. The molecule has 0 bridgehead atoms. The Morgan fingerprint density at radius 3 is 2.21 bits per heavy atom. The second-order valence-corrected chi connectivity index (χ2v) is 5.78. The van der Waals surface area contributed by atoms with Gasteiger partial charge in [0, 0.05) is 6.42 Å². The van der Waals surface area contributed by atoms with E-state index in [1.54, 1.807) is 18.2 Å². The van der Waals surface area contributed by atoms with Crippen molar-refractivity contribution in [1.29, 1.82) is 0 Å². The number of carbonyl (C=O) groups is 1. The lowest BCUT2D eigenvalue weighted by molar-refractivity contribution is -0.137. The number of carboxylic acid groups (broad SMARTS) is 1. The Hall–Kier alpha value is -1.65. The summed E-state index contributed by atoms with van der Waals surface area (Å²) in [6.45, 7) is 2.14. The molecule has 136 valence electrons. The van der Waals surface area contributed by atoms with Crippen molar-refractivity contribution in [3.8, 4) is 0 Å². The molecule has 0 aromatic rings. The van der Waals surface area contributed by atoms with Crippen LogP contribution in [-0.2, 0) is 4.79 Å². The predicted molar refractivity (Wildman–Crippen MR) is 98.8 cm³/mol. The zero-order valence-corrected chi connectivity index (χ0v) is 14.7. The van der Waals surface area contributed by atoms with E-state index in [1.807, 2.05) is 30.4 Å². The molecular weight excluding hydrogens is 304 g/mol. The van der Waals surface area contributed by atoms with Gasteiger partial charge in [0.2, 0.25) is 0 Å². The number of carboxylic acids is 1. The van der Waals surface area contributed by atoms with Crippen LogP contribution < -0.4 is 0 Å². The zero-order chi connectivity index (χ0) is 18.0. The molecule has 0 heterocycles. The number of hydrogen-bond acceptors (Lipinski definition) is 3. The first kappa shape index (κ1) is 22.4. The Labute approximate surface area is 145 Å². The van der Waals surface area contributed by atoms with Gasteiger partial charge in [0.15, 0.2) is 0 Å². The molecule has 0 amide bonds. The molecule has 0 unspecified atom stereocenters. The van der Waals surface area contributed by atoms with Gasteiger partial charge in [-0.15, -0.1) is 0 Å². The van der Waals surface area contributed by atoms with Gasteiger partial charge in [0.05, 0.1) is 12.2 Å². The highest BCUT2D eigenvalue weighted by molar-refractivity contribution is 5.66. The first-order chi connectivity index (χ1) is 11.6. The van der Waals surface area contributed by atoms with Crippen LogP contribution in [0.25, 0.3) is 0 Å². The van der Waals surface area contributed by atoms with E-state index in [2.05, 4.69) is 6.92 Å². The molecule has 0 radical (unpaired) electrons. The van der Waals surface area contributed by atoms with E-state index < -0.39 is 12.1 Å². The normalized spacial score (nSPS) is 15.1. The van der Waals surface area contributed by atoms with Crippen LogP contribution in [0.4, 0.5) is 0 Å². The van der Waals surface area contributed by atoms with Crippen LogP contribution in [0.5, 0.6) is 0 Å². The summed E-state index contributed by atoms with van der Waals surface area (Å²) in [6.07, 6.45) is 19.7. The van der Waals surface area contributed by atoms with Gasteiger partial charge in [0.1, 0.15) is 0 Å². The topological polar surface area (TPSA) is 77.8 Å². The second-order valence-electron chi connectivity index (χ2n) is 5.78. The van der Waals surface area contributed by atoms with Crippen LogP contribution in [0.15, 0.2) is 48.6 Å². The van der Waals surface area contributed by atoms with Crippen LogP contribution in [-0.4, -0.2) is 33.5 Å². The zero-order valence-electron chi connectivity index (χ0n) is 14.7. The van der Waals surface area contributed by atoms with Crippen molar-refractivity contribution >= 4 is 5.97 Å². The Morgan fingerprint density at radius 2 is 1.58 bits per heavy atom.